The molecule has 0 spiro atoms. The molecule has 4 heteroatoms. The zero-order valence-corrected chi connectivity index (χ0v) is 11.8. The fourth-order valence-corrected chi connectivity index (χ4v) is 1.84. The van der Waals surface area contributed by atoms with E-state index in [0.29, 0.717) is 11.7 Å². The molecule has 2 rings (SSSR count). The minimum absolute atomic E-state index is 0.0000711. The monoisotopic (exact) mass is 257 g/mol. The van der Waals surface area contributed by atoms with E-state index in [9.17, 15) is 0 Å². The molecule has 100 valence electrons. The number of ether oxygens (including phenoxy) is 1. The first-order chi connectivity index (χ1) is 8.86. The molecule has 1 aromatic carbocycles. The highest BCUT2D eigenvalue weighted by Crippen LogP contribution is 2.34. The maximum absolute atomic E-state index is 5.84. The molecule has 0 fully saturated rings. The van der Waals surface area contributed by atoms with E-state index in [1.165, 1.54) is 11.9 Å². The summed E-state index contributed by atoms with van der Waals surface area (Å²) in [6.45, 7) is 8.54. The lowest BCUT2D eigenvalue weighted by Gasteiger charge is -2.23. The first kappa shape index (κ1) is 13.3. The summed E-state index contributed by atoms with van der Waals surface area (Å²) < 4.78 is 5.84. The third-order valence-electron chi connectivity index (χ3n) is 2.82. The molecule has 0 atom stereocenters. The summed E-state index contributed by atoms with van der Waals surface area (Å²) in [5.74, 6) is 1.66. The fourth-order valence-electron chi connectivity index (χ4n) is 1.84. The number of nitrogen functional groups attached to an aromatic ring is 1. The van der Waals surface area contributed by atoms with E-state index in [1.54, 1.807) is 6.07 Å². The van der Waals surface area contributed by atoms with Gasteiger partial charge in [0.15, 0.2) is 0 Å². The first-order valence-corrected chi connectivity index (χ1v) is 6.23. The van der Waals surface area contributed by atoms with Crippen molar-refractivity contribution >= 4 is 5.82 Å². The second-order valence-corrected chi connectivity index (χ2v) is 5.63. The van der Waals surface area contributed by atoms with Crippen molar-refractivity contribution in [2.24, 2.45) is 0 Å². The fraction of sp³-hybridized carbons (Fsp3) is 0.333. The van der Waals surface area contributed by atoms with Gasteiger partial charge in [-0.05, 0) is 18.4 Å². The lowest BCUT2D eigenvalue weighted by molar-refractivity contribution is 0.439. The molecular formula is C15H19N3O. The van der Waals surface area contributed by atoms with Gasteiger partial charge in [-0.3, -0.25) is 0 Å². The largest absolute Gasteiger partial charge is 0.439 e. The van der Waals surface area contributed by atoms with Crippen LogP contribution >= 0.6 is 0 Å². The Morgan fingerprint density at radius 1 is 1.11 bits per heavy atom. The molecule has 0 aliphatic carbocycles. The molecule has 0 amide bonds. The maximum atomic E-state index is 5.84. The van der Waals surface area contributed by atoms with Crippen LogP contribution in [0.3, 0.4) is 0 Å². The van der Waals surface area contributed by atoms with Crippen LogP contribution in [-0.4, -0.2) is 9.97 Å². The van der Waals surface area contributed by atoms with Gasteiger partial charge >= 0.3 is 0 Å². The van der Waals surface area contributed by atoms with Gasteiger partial charge in [-0.25, -0.2) is 9.97 Å². The standard InChI is InChI=1S/C15H19N3O/c1-10-5-6-12(11(7-10)15(2,3)4)19-14-8-13(16)17-9-18-14/h5-9H,1-4H3,(H2,16,17,18). The molecule has 2 aromatic rings. The highest BCUT2D eigenvalue weighted by Gasteiger charge is 2.19. The Bertz CT molecular complexity index is 588. The Morgan fingerprint density at radius 2 is 1.84 bits per heavy atom. The molecular weight excluding hydrogens is 238 g/mol. The van der Waals surface area contributed by atoms with Gasteiger partial charge in [0.25, 0.3) is 0 Å². The molecule has 0 saturated carbocycles. The lowest BCUT2D eigenvalue weighted by Crippen LogP contribution is -2.13. The van der Waals surface area contributed by atoms with E-state index < -0.39 is 0 Å². The minimum Gasteiger partial charge on any atom is -0.439 e. The number of hydrogen-bond acceptors (Lipinski definition) is 4. The average molecular weight is 257 g/mol. The summed E-state index contributed by atoms with van der Waals surface area (Å²) in [4.78, 5) is 7.92. The van der Waals surface area contributed by atoms with Crippen molar-refractivity contribution < 1.29 is 4.74 Å². The zero-order valence-electron chi connectivity index (χ0n) is 11.8. The topological polar surface area (TPSA) is 61.0 Å². The molecule has 0 unspecified atom stereocenters. The molecule has 1 heterocycles. The van der Waals surface area contributed by atoms with Crippen LogP contribution in [0.4, 0.5) is 5.82 Å². The summed E-state index contributed by atoms with van der Waals surface area (Å²) >= 11 is 0. The van der Waals surface area contributed by atoms with Crippen molar-refractivity contribution in [2.45, 2.75) is 33.1 Å². The van der Waals surface area contributed by atoms with Crippen LogP contribution in [-0.2, 0) is 5.41 Å². The quantitative estimate of drug-likeness (QED) is 0.895. The Kier molecular flexibility index (Phi) is 3.42. The van der Waals surface area contributed by atoms with E-state index in [2.05, 4.69) is 43.7 Å². The SMILES string of the molecule is Cc1ccc(Oc2cc(N)ncn2)c(C(C)(C)C)c1. The molecule has 19 heavy (non-hydrogen) atoms. The zero-order chi connectivity index (χ0) is 14.0. The number of nitrogens with two attached hydrogens (primary N) is 1. The summed E-state index contributed by atoms with van der Waals surface area (Å²) in [6, 6.07) is 7.75. The first-order valence-electron chi connectivity index (χ1n) is 6.23. The van der Waals surface area contributed by atoms with Gasteiger partial charge in [-0.2, -0.15) is 0 Å². The second-order valence-electron chi connectivity index (χ2n) is 5.63. The van der Waals surface area contributed by atoms with Gasteiger partial charge in [0.1, 0.15) is 17.9 Å². The van der Waals surface area contributed by atoms with E-state index in [1.807, 2.05) is 12.1 Å². The van der Waals surface area contributed by atoms with E-state index >= 15 is 0 Å². The van der Waals surface area contributed by atoms with Crippen LogP contribution in [0.15, 0.2) is 30.6 Å². The predicted molar refractivity (Wildman–Crippen MR) is 76.4 cm³/mol. The Hall–Kier alpha value is -2.10. The van der Waals surface area contributed by atoms with Crippen molar-refractivity contribution in [3.8, 4) is 11.6 Å². The van der Waals surface area contributed by atoms with Crippen molar-refractivity contribution in [3.05, 3.63) is 41.7 Å². The highest BCUT2D eigenvalue weighted by atomic mass is 16.5. The smallest absolute Gasteiger partial charge is 0.224 e. The van der Waals surface area contributed by atoms with Gasteiger partial charge in [0.05, 0.1) is 0 Å². The molecule has 0 saturated heterocycles. The second kappa shape index (κ2) is 4.88. The van der Waals surface area contributed by atoms with Crippen molar-refractivity contribution in [1.82, 2.24) is 9.97 Å². The number of anilines is 1. The molecule has 4 nitrogen and oxygen atoms in total. The van der Waals surface area contributed by atoms with Gasteiger partial charge in [0.2, 0.25) is 5.88 Å². The summed E-state index contributed by atoms with van der Waals surface area (Å²) in [6.07, 6.45) is 1.40. The van der Waals surface area contributed by atoms with Crippen LogP contribution in [0.5, 0.6) is 11.6 Å². The average Bonchev–Trinajstić information content (AvgIpc) is 2.30. The third-order valence-corrected chi connectivity index (χ3v) is 2.82. The Balaban J connectivity index is 2.40. The summed E-state index contributed by atoms with van der Waals surface area (Å²) in [7, 11) is 0. The van der Waals surface area contributed by atoms with Gasteiger partial charge in [-0.1, -0.05) is 38.5 Å². The van der Waals surface area contributed by atoms with Crippen LogP contribution in [0, 0.1) is 6.92 Å². The molecule has 2 N–H and O–H groups in total. The molecule has 0 radical (unpaired) electrons. The number of benzene rings is 1. The highest BCUT2D eigenvalue weighted by molar-refractivity contribution is 5.43. The van der Waals surface area contributed by atoms with E-state index in [0.717, 1.165) is 11.3 Å². The van der Waals surface area contributed by atoms with Crippen LogP contribution in [0.2, 0.25) is 0 Å². The van der Waals surface area contributed by atoms with Crippen molar-refractivity contribution in [2.75, 3.05) is 5.73 Å². The van der Waals surface area contributed by atoms with Crippen LogP contribution in [0.25, 0.3) is 0 Å². The van der Waals surface area contributed by atoms with E-state index in [4.69, 9.17) is 10.5 Å². The molecule has 0 aliphatic heterocycles. The predicted octanol–water partition coefficient (Wildman–Crippen LogP) is 3.46. The molecule has 1 aromatic heterocycles. The van der Waals surface area contributed by atoms with Gasteiger partial charge in [0, 0.05) is 11.6 Å². The normalized spacial score (nSPS) is 11.4. The van der Waals surface area contributed by atoms with Gasteiger partial charge < -0.3 is 10.5 Å². The summed E-state index contributed by atoms with van der Waals surface area (Å²) in [5, 5.41) is 0. The number of rotatable bonds is 2. The Labute approximate surface area is 113 Å². The Morgan fingerprint density at radius 3 is 2.47 bits per heavy atom. The van der Waals surface area contributed by atoms with Gasteiger partial charge in [-0.15, -0.1) is 0 Å². The number of hydrogen-bond donors (Lipinski definition) is 1. The van der Waals surface area contributed by atoms with Crippen LogP contribution < -0.4 is 10.5 Å². The lowest BCUT2D eigenvalue weighted by atomic mass is 9.85. The van der Waals surface area contributed by atoms with Crippen molar-refractivity contribution in [1.29, 1.82) is 0 Å². The minimum atomic E-state index is -0.0000711. The van der Waals surface area contributed by atoms with Crippen LogP contribution in [0.1, 0.15) is 31.9 Å². The third kappa shape index (κ3) is 3.22. The molecule has 0 aliphatic rings. The number of aromatic nitrogens is 2. The number of aryl methyl sites for hydroxylation is 1. The number of nitrogens with zero attached hydrogens (tertiary/aromatic N) is 2. The summed E-state index contributed by atoms with van der Waals surface area (Å²) in [5.41, 5.74) is 7.98. The maximum Gasteiger partial charge on any atom is 0.224 e. The van der Waals surface area contributed by atoms with Crippen molar-refractivity contribution in [3.63, 3.8) is 0 Å². The molecule has 0 bridgehead atoms. The van der Waals surface area contributed by atoms with E-state index in [-0.39, 0.29) is 5.41 Å².